The second-order valence-electron chi connectivity index (χ2n) is 6.38. The quantitative estimate of drug-likeness (QED) is 0.591. The third-order valence-electron chi connectivity index (χ3n) is 4.61. The van der Waals surface area contributed by atoms with Gasteiger partial charge in [-0.3, -0.25) is 0 Å². The average molecular weight is 345 g/mol. The Labute approximate surface area is 151 Å². The summed E-state index contributed by atoms with van der Waals surface area (Å²) in [5.41, 5.74) is 4.00. The lowest BCUT2D eigenvalue weighted by atomic mass is 9.94. The molecule has 0 aliphatic heterocycles. The molecule has 0 fully saturated rings. The fraction of sp³-hybridized carbons (Fsp3) is 0.143. The highest BCUT2D eigenvalue weighted by molar-refractivity contribution is 5.74. The standard InChI is InChI=1S/C21H19N3O2/c1-14-10-12-15(13-11-14)21(26)20(16-6-2-5-9-19(16)25)24-18-8-4-3-7-17(18)22-23-24/h2-13,20-21,25-26H,1H3. The molecule has 0 aliphatic rings. The third-order valence-corrected chi connectivity index (χ3v) is 4.61. The molecule has 26 heavy (non-hydrogen) atoms. The van der Waals surface area contributed by atoms with Gasteiger partial charge >= 0.3 is 0 Å². The highest BCUT2D eigenvalue weighted by Crippen LogP contribution is 2.37. The molecule has 1 aromatic heterocycles. The molecule has 1 heterocycles. The van der Waals surface area contributed by atoms with Crippen LogP contribution in [0, 0.1) is 6.92 Å². The van der Waals surface area contributed by atoms with Crippen molar-refractivity contribution in [2.75, 3.05) is 0 Å². The number of aliphatic hydroxyl groups excluding tert-OH is 1. The summed E-state index contributed by atoms with van der Waals surface area (Å²) >= 11 is 0. The molecule has 2 N–H and O–H groups in total. The molecule has 0 aliphatic carbocycles. The van der Waals surface area contributed by atoms with E-state index in [4.69, 9.17) is 0 Å². The largest absolute Gasteiger partial charge is 0.508 e. The lowest BCUT2D eigenvalue weighted by molar-refractivity contribution is 0.125. The van der Waals surface area contributed by atoms with E-state index in [2.05, 4.69) is 10.3 Å². The smallest absolute Gasteiger partial charge is 0.121 e. The number of aliphatic hydroxyl groups is 1. The van der Waals surface area contributed by atoms with E-state index in [-0.39, 0.29) is 5.75 Å². The molecule has 4 rings (SSSR count). The van der Waals surface area contributed by atoms with Gasteiger partial charge in [-0.15, -0.1) is 5.10 Å². The molecule has 0 saturated carbocycles. The van der Waals surface area contributed by atoms with Crippen molar-refractivity contribution in [2.45, 2.75) is 19.1 Å². The molecular weight excluding hydrogens is 326 g/mol. The molecule has 2 unspecified atom stereocenters. The maximum atomic E-state index is 11.2. The summed E-state index contributed by atoms with van der Waals surface area (Å²) in [6, 6.07) is 21.7. The van der Waals surface area contributed by atoms with Crippen molar-refractivity contribution in [1.29, 1.82) is 0 Å². The molecule has 3 aromatic carbocycles. The Bertz CT molecular complexity index is 1040. The van der Waals surface area contributed by atoms with Gasteiger partial charge in [0.1, 0.15) is 23.4 Å². The van der Waals surface area contributed by atoms with Gasteiger partial charge in [-0.2, -0.15) is 0 Å². The molecule has 5 nitrogen and oxygen atoms in total. The zero-order valence-electron chi connectivity index (χ0n) is 14.3. The van der Waals surface area contributed by atoms with Crippen molar-refractivity contribution >= 4 is 11.0 Å². The zero-order chi connectivity index (χ0) is 18.1. The van der Waals surface area contributed by atoms with Crippen molar-refractivity contribution in [1.82, 2.24) is 15.0 Å². The lowest BCUT2D eigenvalue weighted by Crippen LogP contribution is -2.20. The zero-order valence-corrected chi connectivity index (χ0v) is 14.3. The summed E-state index contributed by atoms with van der Waals surface area (Å²) in [4.78, 5) is 0. The molecule has 0 spiro atoms. The van der Waals surface area contributed by atoms with Gasteiger partial charge < -0.3 is 10.2 Å². The van der Waals surface area contributed by atoms with E-state index in [0.29, 0.717) is 5.56 Å². The fourth-order valence-corrected chi connectivity index (χ4v) is 3.21. The first-order valence-electron chi connectivity index (χ1n) is 8.47. The predicted molar refractivity (Wildman–Crippen MR) is 99.9 cm³/mol. The van der Waals surface area contributed by atoms with Crippen LogP contribution in [0.3, 0.4) is 0 Å². The average Bonchev–Trinajstić information content (AvgIpc) is 3.08. The van der Waals surface area contributed by atoms with Gasteiger partial charge in [0.25, 0.3) is 0 Å². The number of hydrogen-bond acceptors (Lipinski definition) is 4. The number of rotatable bonds is 4. The van der Waals surface area contributed by atoms with E-state index >= 15 is 0 Å². The first-order chi connectivity index (χ1) is 12.6. The Kier molecular flexibility index (Phi) is 4.14. The fourth-order valence-electron chi connectivity index (χ4n) is 3.21. The number of fused-ring (bicyclic) bond motifs is 1. The molecule has 130 valence electrons. The van der Waals surface area contributed by atoms with Gasteiger partial charge in [0.15, 0.2) is 0 Å². The Hall–Kier alpha value is -3.18. The van der Waals surface area contributed by atoms with Crippen molar-refractivity contribution < 1.29 is 10.2 Å². The number of benzene rings is 3. The van der Waals surface area contributed by atoms with Crippen molar-refractivity contribution in [3.8, 4) is 5.75 Å². The van der Waals surface area contributed by atoms with Crippen LogP contribution in [-0.4, -0.2) is 25.2 Å². The van der Waals surface area contributed by atoms with Crippen LogP contribution in [0.25, 0.3) is 11.0 Å². The van der Waals surface area contributed by atoms with Gasteiger partial charge in [0.2, 0.25) is 0 Å². The number of aromatic hydroxyl groups is 1. The van der Waals surface area contributed by atoms with Crippen molar-refractivity contribution in [3.63, 3.8) is 0 Å². The number of para-hydroxylation sites is 2. The molecule has 4 aromatic rings. The normalized spacial score (nSPS) is 13.6. The van der Waals surface area contributed by atoms with Gasteiger partial charge in [0, 0.05) is 5.56 Å². The number of aromatic nitrogens is 3. The molecule has 0 radical (unpaired) electrons. The summed E-state index contributed by atoms with van der Waals surface area (Å²) in [6.07, 6.45) is -0.894. The Morgan fingerprint density at radius 2 is 1.58 bits per heavy atom. The topological polar surface area (TPSA) is 71.2 Å². The van der Waals surface area contributed by atoms with E-state index in [0.717, 1.165) is 22.2 Å². The van der Waals surface area contributed by atoms with Gasteiger partial charge in [-0.25, -0.2) is 4.68 Å². The number of aryl methyl sites for hydroxylation is 1. The van der Waals surface area contributed by atoms with E-state index in [1.807, 2.05) is 61.5 Å². The summed E-state index contributed by atoms with van der Waals surface area (Å²) in [7, 11) is 0. The Morgan fingerprint density at radius 1 is 0.885 bits per heavy atom. The van der Waals surface area contributed by atoms with Crippen LogP contribution in [0.2, 0.25) is 0 Å². The van der Waals surface area contributed by atoms with Crippen LogP contribution in [0.5, 0.6) is 5.75 Å². The highest BCUT2D eigenvalue weighted by atomic mass is 16.3. The second-order valence-corrected chi connectivity index (χ2v) is 6.38. The minimum absolute atomic E-state index is 0.114. The van der Waals surface area contributed by atoms with Crippen LogP contribution in [0.4, 0.5) is 0 Å². The van der Waals surface area contributed by atoms with Gasteiger partial charge in [-0.1, -0.05) is 65.4 Å². The monoisotopic (exact) mass is 345 g/mol. The summed E-state index contributed by atoms with van der Waals surface area (Å²) in [5.74, 6) is 0.114. The SMILES string of the molecule is Cc1ccc(C(O)C(c2ccccc2O)n2nnc3ccccc32)cc1. The minimum atomic E-state index is -0.894. The predicted octanol–water partition coefficient (Wildman–Crippen LogP) is 3.77. The maximum Gasteiger partial charge on any atom is 0.121 e. The third kappa shape index (κ3) is 2.82. The summed E-state index contributed by atoms with van der Waals surface area (Å²) < 4.78 is 1.68. The molecule has 0 amide bonds. The van der Waals surface area contributed by atoms with Crippen molar-refractivity contribution in [2.24, 2.45) is 0 Å². The van der Waals surface area contributed by atoms with Gasteiger partial charge in [0.05, 0.1) is 5.52 Å². The number of phenols is 1. The molecule has 0 bridgehead atoms. The number of nitrogens with zero attached hydrogens (tertiary/aromatic N) is 3. The molecule has 2 atom stereocenters. The van der Waals surface area contributed by atoms with E-state index < -0.39 is 12.1 Å². The first kappa shape index (κ1) is 16.3. The van der Waals surface area contributed by atoms with E-state index in [1.54, 1.807) is 22.9 Å². The van der Waals surface area contributed by atoms with Crippen LogP contribution >= 0.6 is 0 Å². The molecule has 0 saturated heterocycles. The first-order valence-corrected chi connectivity index (χ1v) is 8.47. The minimum Gasteiger partial charge on any atom is -0.508 e. The number of phenolic OH excluding ortho intramolecular Hbond substituents is 1. The maximum absolute atomic E-state index is 11.2. The van der Waals surface area contributed by atoms with Crippen molar-refractivity contribution in [3.05, 3.63) is 89.5 Å². The van der Waals surface area contributed by atoms with E-state index in [1.165, 1.54) is 0 Å². The Morgan fingerprint density at radius 3 is 2.35 bits per heavy atom. The summed E-state index contributed by atoms with van der Waals surface area (Å²) in [5, 5.41) is 30.1. The second kappa shape index (κ2) is 6.61. The molecular formula is C21H19N3O2. The van der Waals surface area contributed by atoms with Gasteiger partial charge in [-0.05, 0) is 30.7 Å². The number of hydrogen-bond donors (Lipinski definition) is 2. The summed E-state index contributed by atoms with van der Waals surface area (Å²) in [6.45, 7) is 2.00. The lowest BCUT2D eigenvalue weighted by Gasteiger charge is -2.25. The van der Waals surface area contributed by atoms with Crippen LogP contribution in [0.15, 0.2) is 72.8 Å². The van der Waals surface area contributed by atoms with E-state index in [9.17, 15) is 10.2 Å². The molecule has 5 heteroatoms. The highest BCUT2D eigenvalue weighted by Gasteiger charge is 2.29. The van der Waals surface area contributed by atoms with Crippen LogP contribution in [0.1, 0.15) is 28.8 Å². The van der Waals surface area contributed by atoms with Crippen LogP contribution in [-0.2, 0) is 0 Å². The van der Waals surface area contributed by atoms with Crippen LogP contribution < -0.4 is 0 Å². The Balaban J connectivity index is 1.90.